The number of carbonyl (C=O) groups excluding carboxylic acids is 1. The fraction of sp³-hybridized carbons (Fsp3) is 0.250. The van der Waals surface area contributed by atoms with E-state index in [1.54, 1.807) is 36.4 Å². The number of tetrazole rings is 1. The third kappa shape index (κ3) is 3.49. The van der Waals surface area contributed by atoms with Crippen LogP contribution in [0.2, 0.25) is 0 Å². The van der Waals surface area contributed by atoms with Crippen LogP contribution in [0.5, 0.6) is 0 Å². The Kier molecular flexibility index (Phi) is 4.66. The van der Waals surface area contributed by atoms with E-state index >= 15 is 0 Å². The first-order valence-electron chi connectivity index (χ1n) is 7.50. The first kappa shape index (κ1) is 15.9. The van der Waals surface area contributed by atoms with E-state index in [1.165, 1.54) is 17.3 Å². The van der Waals surface area contributed by atoms with Crippen molar-refractivity contribution in [2.75, 3.05) is 0 Å². The van der Waals surface area contributed by atoms with Crippen LogP contribution in [-0.2, 0) is 0 Å². The molecule has 1 aromatic carbocycles. The van der Waals surface area contributed by atoms with E-state index in [9.17, 15) is 9.90 Å². The molecule has 2 aromatic heterocycles. The van der Waals surface area contributed by atoms with Gasteiger partial charge in [0.2, 0.25) is 0 Å². The number of aromatic nitrogens is 4. The van der Waals surface area contributed by atoms with E-state index < -0.39 is 6.10 Å². The SMILES string of the molecule is CC(CC(O)c1ccco1)NC(=O)c1ccccc1-n1cnnn1. The summed E-state index contributed by atoms with van der Waals surface area (Å²) >= 11 is 0. The van der Waals surface area contributed by atoms with Crippen molar-refractivity contribution in [1.82, 2.24) is 25.5 Å². The molecule has 0 aliphatic carbocycles. The number of benzene rings is 1. The number of rotatable bonds is 6. The van der Waals surface area contributed by atoms with Crippen LogP contribution in [0.4, 0.5) is 0 Å². The molecule has 0 aliphatic heterocycles. The number of hydrogen-bond acceptors (Lipinski definition) is 6. The highest BCUT2D eigenvalue weighted by atomic mass is 16.4. The van der Waals surface area contributed by atoms with Gasteiger partial charge >= 0.3 is 0 Å². The highest BCUT2D eigenvalue weighted by Crippen LogP contribution is 2.19. The molecule has 0 aliphatic rings. The lowest BCUT2D eigenvalue weighted by atomic mass is 10.1. The molecular formula is C16H17N5O3. The van der Waals surface area contributed by atoms with Crippen LogP contribution in [0.15, 0.2) is 53.4 Å². The maximum atomic E-state index is 12.5. The van der Waals surface area contributed by atoms with E-state index in [2.05, 4.69) is 20.8 Å². The lowest BCUT2D eigenvalue weighted by molar-refractivity contribution is 0.0903. The largest absolute Gasteiger partial charge is 0.467 e. The second-order valence-electron chi connectivity index (χ2n) is 5.41. The molecule has 3 rings (SSSR count). The molecule has 24 heavy (non-hydrogen) atoms. The number of amides is 1. The van der Waals surface area contributed by atoms with Gasteiger partial charge in [-0.25, -0.2) is 0 Å². The summed E-state index contributed by atoms with van der Waals surface area (Å²) in [6.07, 6.45) is 2.50. The van der Waals surface area contributed by atoms with Crippen LogP contribution in [-0.4, -0.2) is 37.3 Å². The summed E-state index contributed by atoms with van der Waals surface area (Å²) in [6.45, 7) is 1.82. The van der Waals surface area contributed by atoms with Crippen molar-refractivity contribution in [3.05, 3.63) is 60.3 Å². The molecule has 8 heteroatoms. The van der Waals surface area contributed by atoms with Crippen molar-refractivity contribution in [2.45, 2.75) is 25.5 Å². The Morgan fingerprint density at radius 1 is 1.33 bits per heavy atom. The van der Waals surface area contributed by atoms with Crippen LogP contribution in [0, 0.1) is 0 Å². The molecule has 2 N–H and O–H groups in total. The van der Waals surface area contributed by atoms with Gasteiger partial charge in [-0.1, -0.05) is 12.1 Å². The number of aliphatic hydroxyl groups is 1. The summed E-state index contributed by atoms with van der Waals surface area (Å²) in [5.41, 5.74) is 1.03. The Hall–Kier alpha value is -3.00. The van der Waals surface area contributed by atoms with E-state index in [0.29, 0.717) is 23.4 Å². The smallest absolute Gasteiger partial charge is 0.253 e. The number of carbonyl (C=O) groups is 1. The molecule has 0 saturated carbocycles. The van der Waals surface area contributed by atoms with Crippen molar-refractivity contribution < 1.29 is 14.3 Å². The van der Waals surface area contributed by atoms with Crippen LogP contribution >= 0.6 is 0 Å². The van der Waals surface area contributed by atoms with Gasteiger partial charge in [-0.05, 0) is 41.6 Å². The molecule has 0 bridgehead atoms. The van der Waals surface area contributed by atoms with Crippen LogP contribution in [0.3, 0.4) is 0 Å². The zero-order chi connectivity index (χ0) is 16.9. The van der Waals surface area contributed by atoms with Crippen molar-refractivity contribution in [2.24, 2.45) is 0 Å². The normalized spacial score (nSPS) is 13.4. The van der Waals surface area contributed by atoms with E-state index in [4.69, 9.17) is 4.42 Å². The van der Waals surface area contributed by atoms with Gasteiger partial charge in [-0.2, -0.15) is 4.68 Å². The Morgan fingerprint density at radius 2 is 2.17 bits per heavy atom. The summed E-state index contributed by atoms with van der Waals surface area (Å²) in [5.74, 6) is 0.213. The minimum absolute atomic E-state index is 0.250. The molecule has 2 atom stereocenters. The zero-order valence-electron chi connectivity index (χ0n) is 13.0. The van der Waals surface area contributed by atoms with Gasteiger partial charge in [0.25, 0.3) is 5.91 Å². The first-order valence-corrected chi connectivity index (χ1v) is 7.50. The third-order valence-corrected chi connectivity index (χ3v) is 3.57. The fourth-order valence-corrected chi connectivity index (χ4v) is 2.43. The Morgan fingerprint density at radius 3 is 2.88 bits per heavy atom. The van der Waals surface area contributed by atoms with Gasteiger partial charge < -0.3 is 14.8 Å². The summed E-state index contributed by atoms with van der Waals surface area (Å²) in [6, 6.07) is 10.2. The van der Waals surface area contributed by atoms with Crippen LogP contribution in [0.25, 0.3) is 5.69 Å². The lowest BCUT2D eigenvalue weighted by Gasteiger charge is -2.17. The topological polar surface area (TPSA) is 106 Å². The van der Waals surface area contributed by atoms with Gasteiger partial charge in [0, 0.05) is 12.5 Å². The highest BCUT2D eigenvalue weighted by Gasteiger charge is 2.19. The number of nitrogens with one attached hydrogen (secondary N) is 1. The number of nitrogens with zero attached hydrogens (tertiary/aromatic N) is 4. The summed E-state index contributed by atoms with van der Waals surface area (Å²) in [5, 5.41) is 23.9. The number of para-hydroxylation sites is 1. The van der Waals surface area contributed by atoms with Gasteiger partial charge in [0.05, 0.1) is 17.5 Å². The van der Waals surface area contributed by atoms with Crippen LogP contribution in [0.1, 0.15) is 35.6 Å². The molecular weight excluding hydrogens is 310 g/mol. The van der Waals surface area contributed by atoms with Crippen molar-refractivity contribution in [3.8, 4) is 5.69 Å². The summed E-state index contributed by atoms with van der Waals surface area (Å²) in [4.78, 5) is 12.5. The number of furan rings is 1. The number of hydrogen-bond donors (Lipinski definition) is 2. The minimum atomic E-state index is -0.773. The lowest BCUT2D eigenvalue weighted by Crippen LogP contribution is -2.34. The molecule has 3 aromatic rings. The van der Waals surface area contributed by atoms with Crippen molar-refractivity contribution in [3.63, 3.8) is 0 Å². The maximum Gasteiger partial charge on any atom is 0.253 e. The van der Waals surface area contributed by atoms with Gasteiger partial charge in [-0.15, -0.1) is 5.10 Å². The van der Waals surface area contributed by atoms with Gasteiger partial charge in [0.15, 0.2) is 0 Å². The maximum absolute atomic E-state index is 12.5. The average Bonchev–Trinajstić information content (AvgIpc) is 3.28. The van der Waals surface area contributed by atoms with Gasteiger partial charge in [-0.3, -0.25) is 4.79 Å². The molecule has 2 unspecified atom stereocenters. The Labute approximate surface area is 138 Å². The highest BCUT2D eigenvalue weighted by molar-refractivity contribution is 5.97. The first-order chi connectivity index (χ1) is 11.6. The second kappa shape index (κ2) is 7.05. The monoisotopic (exact) mass is 327 g/mol. The molecule has 124 valence electrons. The molecule has 0 saturated heterocycles. The molecule has 8 nitrogen and oxygen atoms in total. The quantitative estimate of drug-likeness (QED) is 0.710. The average molecular weight is 327 g/mol. The third-order valence-electron chi connectivity index (χ3n) is 3.57. The van der Waals surface area contributed by atoms with E-state index in [-0.39, 0.29) is 11.9 Å². The predicted molar refractivity (Wildman–Crippen MR) is 84.4 cm³/mol. The second-order valence-corrected chi connectivity index (χ2v) is 5.41. The molecule has 0 fully saturated rings. The molecule has 1 amide bonds. The van der Waals surface area contributed by atoms with E-state index in [1.807, 2.05) is 6.92 Å². The predicted octanol–water partition coefficient (Wildman–Crippen LogP) is 1.50. The minimum Gasteiger partial charge on any atom is -0.467 e. The molecule has 0 spiro atoms. The van der Waals surface area contributed by atoms with Crippen molar-refractivity contribution in [1.29, 1.82) is 0 Å². The van der Waals surface area contributed by atoms with Gasteiger partial charge in [0.1, 0.15) is 18.2 Å². The molecule has 2 heterocycles. The van der Waals surface area contributed by atoms with E-state index in [0.717, 1.165) is 0 Å². The van der Waals surface area contributed by atoms with Crippen LogP contribution < -0.4 is 5.32 Å². The number of aliphatic hydroxyl groups excluding tert-OH is 1. The standard InChI is InChI=1S/C16H17N5O3/c1-11(9-14(22)15-7-4-8-24-15)18-16(23)12-5-2-3-6-13(12)21-10-17-19-20-21/h2-8,10-11,14,22H,9H2,1H3,(H,18,23). The Bertz CT molecular complexity index is 786. The van der Waals surface area contributed by atoms with Crippen molar-refractivity contribution >= 4 is 5.91 Å². The Balaban J connectivity index is 1.69. The summed E-state index contributed by atoms with van der Waals surface area (Å²) < 4.78 is 6.59. The zero-order valence-corrected chi connectivity index (χ0v) is 13.0. The molecule has 0 radical (unpaired) electrons. The summed E-state index contributed by atoms with van der Waals surface area (Å²) in [7, 11) is 0. The fourth-order valence-electron chi connectivity index (χ4n) is 2.43.